The van der Waals surface area contributed by atoms with Crippen molar-refractivity contribution >= 4 is 5.91 Å². The molecule has 0 aliphatic rings. The third-order valence-electron chi connectivity index (χ3n) is 3.24. The Hall–Kier alpha value is -2.44. The van der Waals surface area contributed by atoms with Crippen molar-refractivity contribution in [1.29, 1.82) is 0 Å². The summed E-state index contributed by atoms with van der Waals surface area (Å²) in [4.78, 5) is 19.9. The molecule has 0 bridgehead atoms. The van der Waals surface area contributed by atoms with Crippen molar-refractivity contribution in [2.24, 2.45) is 5.92 Å². The Labute approximate surface area is 135 Å². The van der Waals surface area contributed by atoms with Crippen molar-refractivity contribution in [2.75, 3.05) is 7.11 Å². The summed E-state index contributed by atoms with van der Waals surface area (Å²) in [5, 5.41) is 6.85. The highest BCUT2D eigenvalue weighted by molar-refractivity contribution is 5.73. The molecule has 0 spiro atoms. The minimum Gasteiger partial charge on any atom is -0.481 e. The van der Waals surface area contributed by atoms with Gasteiger partial charge in [0.15, 0.2) is 5.82 Å². The van der Waals surface area contributed by atoms with E-state index in [0.717, 1.165) is 12.0 Å². The molecule has 2 aromatic rings. The molecule has 2 heterocycles. The molecule has 0 saturated carbocycles. The number of hydrogen-bond acceptors (Lipinski definition) is 6. The van der Waals surface area contributed by atoms with Crippen molar-refractivity contribution < 1.29 is 14.1 Å². The maximum atomic E-state index is 11.3. The van der Waals surface area contributed by atoms with Crippen LogP contribution < -0.4 is 10.1 Å². The largest absolute Gasteiger partial charge is 0.481 e. The Morgan fingerprint density at radius 2 is 2.17 bits per heavy atom. The van der Waals surface area contributed by atoms with Gasteiger partial charge in [0, 0.05) is 25.6 Å². The third-order valence-corrected chi connectivity index (χ3v) is 3.24. The molecule has 0 aliphatic carbocycles. The van der Waals surface area contributed by atoms with Gasteiger partial charge in [-0.1, -0.05) is 25.1 Å². The number of pyridine rings is 1. The van der Waals surface area contributed by atoms with E-state index in [1.54, 1.807) is 19.4 Å². The zero-order chi connectivity index (χ0) is 16.8. The van der Waals surface area contributed by atoms with Gasteiger partial charge in [-0.2, -0.15) is 4.98 Å². The number of carbonyl (C=O) groups is 1. The molecule has 2 rings (SSSR count). The number of amides is 1. The number of methoxy groups -OCH3 is 1. The number of nitrogens with one attached hydrogen (secondary N) is 1. The van der Waals surface area contributed by atoms with Crippen molar-refractivity contribution in [1.82, 2.24) is 20.4 Å². The first-order valence-corrected chi connectivity index (χ1v) is 7.56. The van der Waals surface area contributed by atoms with Crippen LogP contribution in [0.3, 0.4) is 0 Å². The Morgan fingerprint density at radius 3 is 2.74 bits per heavy atom. The number of hydrogen-bond donors (Lipinski definition) is 1. The van der Waals surface area contributed by atoms with Crippen molar-refractivity contribution in [3.8, 4) is 5.88 Å². The molecule has 0 saturated heterocycles. The monoisotopic (exact) mass is 318 g/mol. The second-order valence-electron chi connectivity index (χ2n) is 5.82. The van der Waals surface area contributed by atoms with Gasteiger partial charge in [0.05, 0.1) is 7.11 Å². The lowest BCUT2D eigenvalue weighted by Gasteiger charge is -2.15. The van der Waals surface area contributed by atoms with E-state index in [1.165, 1.54) is 6.92 Å². The number of carbonyl (C=O) groups excluding carboxylic acids is 1. The summed E-state index contributed by atoms with van der Waals surface area (Å²) in [6.45, 7) is 5.64. The number of rotatable bonds is 7. The molecule has 7 nitrogen and oxygen atoms in total. The predicted octanol–water partition coefficient (Wildman–Crippen LogP) is 2.29. The SMILES string of the molecule is COc1ccc(Cc2noc([C@H](CC(C)C)NC(C)=O)n2)cn1. The number of aromatic nitrogens is 3. The molecule has 0 aromatic carbocycles. The van der Waals surface area contributed by atoms with Crippen LogP contribution in [0.1, 0.15) is 50.5 Å². The number of ether oxygens (including phenoxy) is 1. The maximum absolute atomic E-state index is 11.3. The summed E-state index contributed by atoms with van der Waals surface area (Å²) >= 11 is 0. The summed E-state index contributed by atoms with van der Waals surface area (Å²) in [7, 11) is 1.57. The zero-order valence-electron chi connectivity index (χ0n) is 13.9. The molecule has 124 valence electrons. The molecular formula is C16H22N4O3. The molecular weight excluding hydrogens is 296 g/mol. The van der Waals surface area contributed by atoms with Crippen LogP contribution in [0.4, 0.5) is 0 Å². The van der Waals surface area contributed by atoms with Gasteiger partial charge in [-0.3, -0.25) is 4.79 Å². The predicted molar refractivity (Wildman–Crippen MR) is 83.9 cm³/mol. The standard InChI is InChI=1S/C16H22N4O3/c1-10(2)7-13(18-11(3)21)16-19-14(20-23-16)8-12-5-6-15(22-4)17-9-12/h5-6,9-10,13H,7-8H2,1-4H3,(H,18,21)/t13-/m0/s1. The molecule has 1 amide bonds. The minimum absolute atomic E-state index is 0.116. The van der Waals surface area contributed by atoms with Gasteiger partial charge in [0.25, 0.3) is 0 Å². The third kappa shape index (κ3) is 5.05. The molecule has 0 fully saturated rings. The highest BCUT2D eigenvalue weighted by Crippen LogP contribution is 2.20. The second kappa shape index (κ2) is 7.71. The normalized spacial score (nSPS) is 12.2. The first-order chi connectivity index (χ1) is 11.0. The Balaban J connectivity index is 2.09. The van der Waals surface area contributed by atoms with E-state index in [0.29, 0.717) is 29.9 Å². The van der Waals surface area contributed by atoms with E-state index >= 15 is 0 Å². The highest BCUT2D eigenvalue weighted by atomic mass is 16.5. The van der Waals surface area contributed by atoms with Crippen LogP contribution in [0.5, 0.6) is 5.88 Å². The molecule has 0 unspecified atom stereocenters. The van der Waals surface area contributed by atoms with Crippen LogP contribution in [-0.2, 0) is 11.2 Å². The lowest BCUT2D eigenvalue weighted by molar-refractivity contribution is -0.120. The van der Waals surface area contributed by atoms with Gasteiger partial charge < -0.3 is 14.6 Å². The van der Waals surface area contributed by atoms with Gasteiger partial charge in [0.2, 0.25) is 17.7 Å². The Bertz CT molecular complexity index is 637. The summed E-state index contributed by atoms with van der Waals surface area (Å²) in [5.41, 5.74) is 0.957. The van der Waals surface area contributed by atoms with E-state index < -0.39 is 0 Å². The van der Waals surface area contributed by atoms with Crippen LogP contribution in [0, 0.1) is 5.92 Å². The summed E-state index contributed by atoms with van der Waals surface area (Å²) < 4.78 is 10.4. The molecule has 7 heteroatoms. The van der Waals surface area contributed by atoms with E-state index in [4.69, 9.17) is 9.26 Å². The fourth-order valence-corrected chi connectivity index (χ4v) is 2.24. The Kier molecular flexibility index (Phi) is 5.67. The van der Waals surface area contributed by atoms with E-state index in [1.807, 2.05) is 6.07 Å². The first kappa shape index (κ1) is 16.9. The zero-order valence-corrected chi connectivity index (χ0v) is 13.9. The van der Waals surface area contributed by atoms with Gasteiger partial charge >= 0.3 is 0 Å². The fourth-order valence-electron chi connectivity index (χ4n) is 2.24. The molecule has 0 radical (unpaired) electrons. The van der Waals surface area contributed by atoms with Crippen LogP contribution >= 0.6 is 0 Å². The average Bonchev–Trinajstić information content (AvgIpc) is 2.95. The number of nitrogens with zero attached hydrogens (tertiary/aromatic N) is 3. The van der Waals surface area contributed by atoms with Crippen LogP contribution in [0.25, 0.3) is 0 Å². The molecule has 1 N–H and O–H groups in total. The maximum Gasteiger partial charge on any atom is 0.249 e. The average molecular weight is 318 g/mol. The van der Waals surface area contributed by atoms with Gasteiger partial charge in [0.1, 0.15) is 6.04 Å². The second-order valence-corrected chi connectivity index (χ2v) is 5.82. The minimum atomic E-state index is -0.261. The Morgan fingerprint density at radius 1 is 1.39 bits per heavy atom. The van der Waals surface area contributed by atoms with E-state index in [-0.39, 0.29) is 11.9 Å². The van der Waals surface area contributed by atoms with Crippen LogP contribution in [0.15, 0.2) is 22.9 Å². The smallest absolute Gasteiger partial charge is 0.249 e. The topological polar surface area (TPSA) is 90.1 Å². The molecule has 2 aromatic heterocycles. The fraction of sp³-hybridized carbons (Fsp3) is 0.500. The first-order valence-electron chi connectivity index (χ1n) is 7.56. The summed E-state index contributed by atoms with van der Waals surface area (Å²) in [6.07, 6.45) is 2.97. The summed E-state index contributed by atoms with van der Waals surface area (Å²) in [5.74, 6) is 1.84. The summed E-state index contributed by atoms with van der Waals surface area (Å²) in [6, 6.07) is 3.43. The van der Waals surface area contributed by atoms with Crippen molar-refractivity contribution in [3.05, 3.63) is 35.6 Å². The molecule has 1 atom stereocenters. The van der Waals surface area contributed by atoms with Crippen molar-refractivity contribution in [3.63, 3.8) is 0 Å². The van der Waals surface area contributed by atoms with E-state index in [9.17, 15) is 4.79 Å². The van der Waals surface area contributed by atoms with E-state index in [2.05, 4.69) is 34.3 Å². The van der Waals surface area contributed by atoms with Crippen LogP contribution in [0.2, 0.25) is 0 Å². The van der Waals surface area contributed by atoms with Crippen LogP contribution in [-0.4, -0.2) is 28.1 Å². The highest BCUT2D eigenvalue weighted by Gasteiger charge is 2.21. The lowest BCUT2D eigenvalue weighted by atomic mass is 10.0. The lowest BCUT2D eigenvalue weighted by Crippen LogP contribution is -2.27. The van der Waals surface area contributed by atoms with Gasteiger partial charge in [-0.25, -0.2) is 4.98 Å². The molecule has 23 heavy (non-hydrogen) atoms. The van der Waals surface area contributed by atoms with Crippen molar-refractivity contribution in [2.45, 2.75) is 39.7 Å². The van der Waals surface area contributed by atoms with Gasteiger partial charge in [-0.05, 0) is 17.9 Å². The van der Waals surface area contributed by atoms with Gasteiger partial charge in [-0.15, -0.1) is 0 Å². The molecule has 0 aliphatic heterocycles. The quantitative estimate of drug-likeness (QED) is 0.842.